The van der Waals surface area contributed by atoms with E-state index in [2.05, 4.69) is 10.5 Å². The standard InChI is InChI=1S/C30H31N3O7S/c1-30(2,3)40-28(36)31-23(27(34)35)17-19-9-12-22(13-10-19)39-16-15-33-24-14-11-21(18-25(24)41-29(33)37)26(32-38)20-7-5-4-6-8-20/h4-14,18,23,26H,15-17H2,1-3H3,(H,31,36)(H,34,35)/t23-,26?/m0/s1. The lowest BCUT2D eigenvalue weighted by Crippen LogP contribution is -2.44. The molecule has 0 saturated carbocycles. The summed E-state index contributed by atoms with van der Waals surface area (Å²) >= 11 is 1.10. The van der Waals surface area contributed by atoms with E-state index in [9.17, 15) is 24.4 Å². The molecule has 41 heavy (non-hydrogen) atoms. The Bertz CT molecular complexity index is 1570. The molecule has 4 rings (SSSR count). The van der Waals surface area contributed by atoms with Crippen LogP contribution in [0.5, 0.6) is 5.75 Å². The van der Waals surface area contributed by atoms with Gasteiger partial charge in [0.2, 0.25) is 0 Å². The summed E-state index contributed by atoms with van der Waals surface area (Å²) < 4.78 is 13.4. The van der Waals surface area contributed by atoms with Crippen LogP contribution < -0.4 is 14.9 Å². The minimum Gasteiger partial charge on any atom is -0.492 e. The smallest absolute Gasteiger partial charge is 0.408 e. The average molecular weight is 578 g/mol. The van der Waals surface area contributed by atoms with Gasteiger partial charge in [-0.1, -0.05) is 65.0 Å². The monoisotopic (exact) mass is 577 g/mol. The molecule has 0 bridgehead atoms. The van der Waals surface area contributed by atoms with Crippen molar-refractivity contribution in [1.29, 1.82) is 0 Å². The molecule has 3 aromatic carbocycles. The molecule has 0 fully saturated rings. The number of amides is 1. The van der Waals surface area contributed by atoms with Crippen molar-refractivity contribution in [3.05, 3.63) is 104 Å². The first kappa shape index (κ1) is 29.5. The third-order valence-electron chi connectivity index (χ3n) is 6.16. The Morgan fingerprint density at radius 1 is 1.02 bits per heavy atom. The van der Waals surface area contributed by atoms with Gasteiger partial charge in [0.1, 0.15) is 30.0 Å². The van der Waals surface area contributed by atoms with Crippen LogP contribution in [0.1, 0.15) is 43.5 Å². The number of aromatic nitrogens is 1. The number of hydrogen-bond donors (Lipinski definition) is 2. The highest BCUT2D eigenvalue weighted by molar-refractivity contribution is 7.16. The zero-order valence-corrected chi connectivity index (χ0v) is 23.7. The number of fused-ring (bicyclic) bond motifs is 1. The summed E-state index contributed by atoms with van der Waals surface area (Å²) in [5, 5.41) is 15.2. The number of rotatable bonds is 11. The molecule has 10 nitrogen and oxygen atoms in total. The highest BCUT2D eigenvalue weighted by Gasteiger charge is 2.24. The van der Waals surface area contributed by atoms with Crippen molar-refractivity contribution in [2.75, 3.05) is 6.61 Å². The topological polar surface area (TPSA) is 136 Å². The second kappa shape index (κ2) is 12.8. The molecule has 214 valence electrons. The molecule has 1 amide bonds. The third kappa shape index (κ3) is 7.79. The van der Waals surface area contributed by atoms with Gasteiger partial charge >= 0.3 is 16.9 Å². The number of thiazole rings is 1. The maximum absolute atomic E-state index is 12.7. The molecule has 0 saturated heterocycles. The minimum atomic E-state index is -1.17. The van der Waals surface area contributed by atoms with E-state index in [-0.39, 0.29) is 17.9 Å². The lowest BCUT2D eigenvalue weighted by atomic mass is 9.99. The number of nitrogens with zero attached hydrogens (tertiary/aromatic N) is 2. The molecule has 4 aromatic rings. The molecule has 0 spiro atoms. The first-order valence-electron chi connectivity index (χ1n) is 13.0. The molecule has 1 heterocycles. The fourth-order valence-electron chi connectivity index (χ4n) is 4.28. The molecular formula is C30H31N3O7S. The van der Waals surface area contributed by atoms with E-state index < -0.39 is 29.7 Å². The Morgan fingerprint density at radius 3 is 2.37 bits per heavy atom. The number of aliphatic carboxylic acids is 1. The van der Waals surface area contributed by atoms with Crippen molar-refractivity contribution >= 4 is 33.6 Å². The fourth-order valence-corrected chi connectivity index (χ4v) is 5.24. The Hall–Kier alpha value is -4.51. The maximum Gasteiger partial charge on any atom is 0.408 e. The summed E-state index contributed by atoms with van der Waals surface area (Å²) in [6.45, 7) is 5.64. The second-order valence-electron chi connectivity index (χ2n) is 10.4. The third-order valence-corrected chi connectivity index (χ3v) is 7.11. The largest absolute Gasteiger partial charge is 0.492 e. The summed E-state index contributed by atoms with van der Waals surface area (Å²) in [6, 6.07) is 19.8. The number of hydrogen-bond acceptors (Lipinski definition) is 8. The minimum absolute atomic E-state index is 0.0673. The van der Waals surface area contributed by atoms with Gasteiger partial charge in [0.05, 0.1) is 16.8 Å². The molecule has 2 atom stereocenters. The molecule has 11 heteroatoms. The first-order valence-corrected chi connectivity index (χ1v) is 13.8. The highest BCUT2D eigenvalue weighted by Crippen LogP contribution is 2.29. The van der Waals surface area contributed by atoms with Crippen molar-refractivity contribution in [1.82, 2.24) is 9.88 Å². The van der Waals surface area contributed by atoms with Crippen LogP contribution in [0.3, 0.4) is 0 Å². The van der Waals surface area contributed by atoms with E-state index in [1.54, 1.807) is 49.6 Å². The predicted octanol–water partition coefficient (Wildman–Crippen LogP) is 5.52. The summed E-state index contributed by atoms with van der Waals surface area (Å²) in [7, 11) is 0. The number of benzene rings is 3. The molecular weight excluding hydrogens is 546 g/mol. The Labute approximate surface area is 240 Å². The highest BCUT2D eigenvalue weighted by atomic mass is 32.1. The van der Waals surface area contributed by atoms with Gasteiger partial charge in [-0.3, -0.25) is 9.36 Å². The number of nitroso groups, excluding NO2 is 1. The van der Waals surface area contributed by atoms with Crippen LogP contribution in [-0.2, 0) is 22.5 Å². The van der Waals surface area contributed by atoms with E-state index in [1.807, 2.05) is 48.5 Å². The SMILES string of the molecule is CC(C)(C)OC(=O)N[C@@H](Cc1ccc(OCCn2c(=O)sc3cc(C(N=O)c4ccccc4)ccc32)cc1)C(=O)O. The van der Waals surface area contributed by atoms with E-state index in [4.69, 9.17) is 9.47 Å². The van der Waals surface area contributed by atoms with E-state index in [0.717, 1.165) is 32.7 Å². The van der Waals surface area contributed by atoms with Gasteiger partial charge in [-0.25, -0.2) is 9.59 Å². The van der Waals surface area contributed by atoms with Crippen LogP contribution in [0.15, 0.2) is 82.8 Å². The summed E-state index contributed by atoms with van der Waals surface area (Å²) in [4.78, 5) is 47.8. The maximum atomic E-state index is 12.7. The van der Waals surface area contributed by atoms with Crippen molar-refractivity contribution in [3.63, 3.8) is 0 Å². The molecule has 0 aliphatic heterocycles. The normalized spacial score (nSPS) is 12.9. The van der Waals surface area contributed by atoms with Crippen molar-refractivity contribution in [2.24, 2.45) is 5.18 Å². The lowest BCUT2D eigenvalue weighted by Gasteiger charge is -2.22. The number of carboxylic acids is 1. The van der Waals surface area contributed by atoms with E-state index in [0.29, 0.717) is 17.9 Å². The van der Waals surface area contributed by atoms with Crippen LogP contribution in [0.2, 0.25) is 0 Å². The lowest BCUT2D eigenvalue weighted by molar-refractivity contribution is -0.139. The van der Waals surface area contributed by atoms with Gasteiger partial charge in [0.15, 0.2) is 0 Å². The van der Waals surface area contributed by atoms with Gasteiger partial charge in [-0.05, 0) is 61.7 Å². The van der Waals surface area contributed by atoms with Gasteiger partial charge in [-0.2, -0.15) is 0 Å². The van der Waals surface area contributed by atoms with Crippen LogP contribution in [-0.4, -0.2) is 40.0 Å². The van der Waals surface area contributed by atoms with E-state index >= 15 is 0 Å². The predicted molar refractivity (Wildman–Crippen MR) is 157 cm³/mol. The number of carbonyl (C=O) groups excluding carboxylic acids is 1. The summed E-state index contributed by atoms with van der Waals surface area (Å²) in [5.41, 5.74) is 2.20. The molecule has 0 aliphatic carbocycles. The Morgan fingerprint density at radius 2 is 1.73 bits per heavy atom. The Kier molecular flexibility index (Phi) is 9.18. The van der Waals surface area contributed by atoms with Crippen LogP contribution in [0, 0.1) is 4.91 Å². The number of carbonyl (C=O) groups is 2. The summed E-state index contributed by atoms with van der Waals surface area (Å²) in [5.74, 6) is -0.617. The van der Waals surface area contributed by atoms with Gasteiger partial charge < -0.3 is 19.9 Å². The molecule has 0 radical (unpaired) electrons. The number of carboxylic acid groups (broad SMARTS) is 1. The number of nitrogens with one attached hydrogen (secondary N) is 1. The summed E-state index contributed by atoms with van der Waals surface area (Å²) in [6.07, 6.45) is -0.730. The van der Waals surface area contributed by atoms with Crippen LogP contribution >= 0.6 is 11.3 Å². The quantitative estimate of drug-likeness (QED) is 0.224. The average Bonchev–Trinajstić information content (AvgIpc) is 3.23. The Balaban J connectivity index is 1.37. The van der Waals surface area contributed by atoms with Crippen molar-refractivity contribution in [2.45, 2.75) is 51.4 Å². The van der Waals surface area contributed by atoms with Crippen LogP contribution in [0.25, 0.3) is 10.2 Å². The van der Waals surface area contributed by atoms with Crippen molar-refractivity contribution in [3.8, 4) is 5.75 Å². The zero-order valence-electron chi connectivity index (χ0n) is 22.9. The van der Waals surface area contributed by atoms with E-state index in [1.165, 1.54) is 0 Å². The fraction of sp³-hybridized carbons (Fsp3) is 0.300. The number of ether oxygens (including phenoxy) is 2. The van der Waals surface area contributed by atoms with Crippen molar-refractivity contribution < 1.29 is 24.2 Å². The first-order chi connectivity index (χ1) is 19.5. The molecule has 0 aliphatic rings. The molecule has 1 unspecified atom stereocenters. The van der Waals surface area contributed by atoms with Gasteiger partial charge in [0.25, 0.3) is 0 Å². The van der Waals surface area contributed by atoms with Gasteiger partial charge in [-0.15, -0.1) is 4.91 Å². The molecule has 1 aromatic heterocycles. The number of alkyl carbamates (subject to hydrolysis) is 1. The van der Waals surface area contributed by atoms with Crippen LogP contribution in [0.4, 0.5) is 4.79 Å². The second-order valence-corrected chi connectivity index (χ2v) is 11.4. The molecule has 2 N–H and O–H groups in total. The zero-order chi connectivity index (χ0) is 29.6. The van der Waals surface area contributed by atoms with Gasteiger partial charge in [0, 0.05) is 6.42 Å².